The number of alkyl halides is 1. The molecule has 1 atom stereocenters. The molecule has 0 heterocycles. The van der Waals surface area contributed by atoms with E-state index >= 15 is 0 Å². The molecule has 0 fully saturated rings. The van der Waals surface area contributed by atoms with Gasteiger partial charge in [0.15, 0.2) is 0 Å². The predicted molar refractivity (Wildman–Crippen MR) is 74.8 cm³/mol. The summed E-state index contributed by atoms with van der Waals surface area (Å²) in [6, 6.07) is 9.74. The highest BCUT2D eigenvalue weighted by Crippen LogP contribution is 2.33. The van der Waals surface area contributed by atoms with Gasteiger partial charge in [-0.15, -0.1) is 0 Å². The molecule has 0 radical (unpaired) electrons. The highest BCUT2D eigenvalue weighted by Gasteiger charge is 2.21. The number of para-hydroxylation sites is 1. The van der Waals surface area contributed by atoms with Crippen molar-refractivity contribution < 1.29 is 13.7 Å². The van der Waals surface area contributed by atoms with E-state index in [1.165, 1.54) is 12.1 Å². The van der Waals surface area contributed by atoms with Crippen molar-refractivity contribution in [2.45, 2.75) is 11.2 Å². The molecule has 0 aliphatic rings. The van der Waals surface area contributed by atoms with Crippen molar-refractivity contribution in [3.05, 3.63) is 75.3 Å². The minimum Gasteiger partial charge on any atom is -0.258 e. The fraction of sp³-hybridized carbons (Fsp3) is 0.143. The number of nitro groups is 1. The lowest BCUT2D eigenvalue weighted by atomic mass is 10.0. The van der Waals surface area contributed by atoms with E-state index in [2.05, 4.69) is 15.9 Å². The first-order valence-electron chi connectivity index (χ1n) is 5.81. The van der Waals surface area contributed by atoms with Gasteiger partial charge in [-0.2, -0.15) is 0 Å². The molecule has 0 amide bonds. The van der Waals surface area contributed by atoms with E-state index in [4.69, 9.17) is 0 Å². The topological polar surface area (TPSA) is 43.1 Å². The SMILES string of the molecule is O=[N+]([O-])c1ccccc1CC(Br)c1c(F)cccc1F. The minimum atomic E-state index is -0.676. The van der Waals surface area contributed by atoms with Gasteiger partial charge in [0.05, 0.1) is 4.92 Å². The van der Waals surface area contributed by atoms with Crippen LogP contribution in [0.1, 0.15) is 16.0 Å². The Balaban J connectivity index is 2.33. The van der Waals surface area contributed by atoms with Crippen molar-refractivity contribution in [2.75, 3.05) is 0 Å². The number of rotatable bonds is 4. The molecule has 20 heavy (non-hydrogen) atoms. The molecule has 2 rings (SSSR count). The summed E-state index contributed by atoms with van der Waals surface area (Å²) in [4.78, 5) is 9.73. The summed E-state index contributed by atoms with van der Waals surface area (Å²) in [5.41, 5.74) is 0.237. The number of halogens is 3. The normalized spacial score (nSPS) is 12.2. The van der Waals surface area contributed by atoms with Crippen LogP contribution in [-0.4, -0.2) is 4.92 Å². The van der Waals surface area contributed by atoms with E-state index in [0.717, 1.165) is 12.1 Å². The van der Waals surface area contributed by atoms with Crippen molar-refractivity contribution >= 4 is 21.6 Å². The zero-order chi connectivity index (χ0) is 14.7. The second kappa shape index (κ2) is 6.09. The lowest BCUT2D eigenvalue weighted by molar-refractivity contribution is -0.385. The molecule has 0 aliphatic heterocycles. The highest BCUT2D eigenvalue weighted by molar-refractivity contribution is 9.09. The van der Waals surface area contributed by atoms with Crippen LogP contribution in [0.25, 0.3) is 0 Å². The van der Waals surface area contributed by atoms with Gasteiger partial charge in [0, 0.05) is 22.0 Å². The van der Waals surface area contributed by atoms with E-state index in [0.29, 0.717) is 5.56 Å². The second-order valence-corrected chi connectivity index (χ2v) is 5.30. The van der Waals surface area contributed by atoms with Gasteiger partial charge in [0.2, 0.25) is 0 Å². The zero-order valence-corrected chi connectivity index (χ0v) is 11.8. The molecule has 1 unspecified atom stereocenters. The molecule has 0 bridgehead atoms. The van der Waals surface area contributed by atoms with Crippen molar-refractivity contribution in [1.29, 1.82) is 0 Å². The Bertz CT molecular complexity index is 629. The van der Waals surface area contributed by atoms with Crippen LogP contribution in [0.2, 0.25) is 0 Å². The first kappa shape index (κ1) is 14.6. The molecular weight excluding hydrogens is 332 g/mol. The summed E-state index contributed by atoms with van der Waals surface area (Å²) in [6.07, 6.45) is 0.120. The number of benzene rings is 2. The van der Waals surface area contributed by atoms with Gasteiger partial charge >= 0.3 is 0 Å². The Kier molecular flexibility index (Phi) is 4.44. The molecule has 6 heteroatoms. The lowest BCUT2D eigenvalue weighted by Gasteiger charge is -2.12. The van der Waals surface area contributed by atoms with Gasteiger partial charge < -0.3 is 0 Å². The Labute approximate surface area is 122 Å². The summed E-state index contributed by atoms with van der Waals surface area (Å²) in [7, 11) is 0. The number of nitrogens with zero attached hydrogens (tertiary/aromatic N) is 1. The maximum Gasteiger partial charge on any atom is 0.272 e. The van der Waals surface area contributed by atoms with Crippen LogP contribution in [0.15, 0.2) is 42.5 Å². The van der Waals surface area contributed by atoms with E-state index < -0.39 is 21.4 Å². The molecule has 0 aromatic heterocycles. The van der Waals surface area contributed by atoms with Crippen LogP contribution in [0.4, 0.5) is 14.5 Å². The summed E-state index contributed by atoms with van der Waals surface area (Å²) >= 11 is 3.21. The largest absolute Gasteiger partial charge is 0.272 e. The average molecular weight is 342 g/mol. The van der Waals surface area contributed by atoms with Crippen molar-refractivity contribution in [3.8, 4) is 0 Å². The Morgan fingerprint density at radius 2 is 1.70 bits per heavy atom. The third-order valence-corrected chi connectivity index (χ3v) is 3.68. The molecule has 2 aromatic rings. The first-order valence-corrected chi connectivity index (χ1v) is 6.72. The number of hydrogen-bond donors (Lipinski definition) is 0. The molecule has 2 aromatic carbocycles. The summed E-state index contributed by atoms with van der Waals surface area (Å²) in [6.45, 7) is 0. The van der Waals surface area contributed by atoms with E-state index in [1.54, 1.807) is 18.2 Å². The van der Waals surface area contributed by atoms with Crippen LogP contribution in [0, 0.1) is 21.7 Å². The van der Waals surface area contributed by atoms with Gasteiger partial charge in [0.1, 0.15) is 11.6 Å². The predicted octanol–water partition coefficient (Wildman–Crippen LogP) is 4.55. The standard InChI is InChI=1S/C14H10BrF2NO2/c15-10(14-11(16)5-3-6-12(14)17)8-9-4-1-2-7-13(9)18(19)20/h1-7,10H,8H2. The van der Waals surface area contributed by atoms with Crippen LogP contribution in [0.5, 0.6) is 0 Å². The molecule has 0 saturated heterocycles. The maximum atomic E-state index is 13.7. The van der Waals surface area contributed by atoms with Crippen molar-refractivity contribution in [1.82, 2.24) is 0 Å². The zero-order valence-electron chi connectivity index (χ0n) is 10.2. The minimum absolute atomic E-state index is 0.0614. The quantitative estimate of drug-likeness (QED) is 0.465. The fourth-order valence-corrected chi connectivity index (χ4v) is 2.75. The van der Waals surface area contributed by atoms with Gasteiger partial charge in [-0.3, -0.25) is 10.1 Å². The monoisotopic (exact) mass is 341 g/mol. The lowest BCUT2D eigenvalue weighted by Crippen LogP contribution is -2.04. The smallest absolute Gasteiger partial charge is 0.258 e. The summed E-state index contributed by atoms with van der Waals surface area (Å²) in [5.74, 6) is -1.35. The van der Waals surface area contributed by atoms with Crippen molar-refractivity contribution in [2.24, 2.45) is 0 Å². The molecular formula is C14H10BrF2NO2. The average Bonchev–Trinajstić information content (AvgIpc) is 2.38. The highest BCUT2D eigenvalue weighted by atomic mass is 79.9. The van der Waals surface area contributed by atoms with Crippen molar-refractivity contribution in [3.63, 3.8) is 0 Å². The summed E-state index contributed by atoms with van der Waals surface area (Å²) in [5, 5.41) is 10.9. The number of nitro benzene ring substituents is 1. The van der Waals surface area contributed by atoms with Crippen LogP contribution in [0.3, 0.4) is 0 Å². The van der Waals surface area contributed by atoms with E-state index in [9.17, 15) is 18.9 Å². The molecule has 3 nitrogen and oxygen atoms in total. The van der Waals surface area contributed by atoms with Gasteiger partial charge in [0.25, 0.3) is 5.69 Å². The van der Waals surface area contributed by atoms with Gasteiger partial charge in [-0.1, -0.05) is 40.2 Å². The third-order valence-electron chi connectivity index (χ3n) is 2.90. The van der Waals surface area contributed by atoms with Gasteiger partial charge in [-0.05, 0) is 18.6 Å². The second-order valence-electron chi connectivity index (χ2n) is 4.19. The fourth-order valence-electron chi connectivity index (χ4n) is 1.97. The van der Waals surface area contributed by atoms with Gasteiger partial charge in [-0.25, -0.2) is 8.78 Å². The van der Waals surface area contributed by atoms with E-state index in [1.807, 2.05) is 0 Å². The first-order chi connectivity index (χ1) is 9.50. The van der Waals surface area contributed by atoms with Crippen LogP contribution >= 0.6 is 15.9 Å². The molecule has 0 spiro atoms. The maximum absolute atomic E-state index is 13.7. The Morgan fingerprint density at radius 1 is 1.10 bits per heavy atom. The molecule has 104 valence electrons. The van der Waals surface area contributed by atoms with Crippen LogP contribution < -0.4 is 0 Å². The molecule has 0 aliphatic carbocycles. The van der Waals surface area contributed by atoms with E-state index in [-0.39, 0.29) is 17.7 Å². The van der Waals surface area contributed by atoms with Crippen LogP contribution in [-0.2, 0) is 6.42 Å². The molecule has 0 saturated carbocycles. The Hall–Kier alpha value is -1.82. The Morgan fingerprint density at radius 3 is 2.30 bits per heavy atom. The summed E-state index contributed by atoms with van der Waals surface area (Å²) < 4.78 is 27.3. The third kappa shape index (κ3) is 3.01. The molecule has 0 N–H and O–H groups in total. The number of hydrogen-bond acceptors (Lipinski definition) is 2.